The normalized spacial score (nSPS) is 10.3. The molecule has 2 aromatic carbocycles. The lowest BCUT2D eigenvalue weighted by molar-refractivity contribution is 0.112. The second kappa shape index (κ2) is 4.63. The highest BCUT2D eigenvalue weighted by atomic mass is 35.5. The van der Waals surface area contributed by atoms with Crippen molar-refractivity contribution >= 4 is 17.9 Å². The number of carbonyl (C=O) groups excluding carboxylic acids is 1. The molecule has 2 aromatic rings. The molecule has 1 nitrogen and oxygen atoms in total. The van der Waals surface area contributed by atoms with Crippen molar-refractivity contribution in [2.24, 2.45) is 0 Å². The molecule has 0 aliphatic rings. The molecular formula is C13H7ClF2O. The molecule has 0 aliphatic carbocycles. The summed E-state index contributed by atoms with van der Waals surface area (Å²) >= 11 is 5.71. The summed E-state index contributed by atoms with van der Waals surface area (Å²) in [5, 5.41) is 0.195. The Morgan fingerprint density at radius 2 is 1.76 bits per heavy atom. The lowest BCUT2D eigenvalue weighted by Gasteiger charge is -2.06. The van der Waals surface area contributed by atoms with Crippen molar-refractivity contribution in [1.82, 2.24) is 0 Å². The van der Waals surface area contributed by atoms with Gasteiger partial charge in [-0.05, 0) is 47.5 Å². The molecule has 0 spiro atoms. The first-order valence-electron chi connectivity index (χ1n) is 4.81. The zero-order valence-electron chi connectivity index (χ0n) is 8.58. The van der Waals surface area contributed by atoms with Crippen LogP contribution in [-0.4, -0.2) is 6.29 Å². The number of hydrogen-bond donors (Lipinski definition) is 0. The van der Waals surface area contributed by atoms with Crippen LogP contribution in [0.1, 0.15) is 10.4 Å². The second-order valence-corrected chi connectivity index (χ2v) is 3.94. The molecule has 0 aliphatic heterocycles. The maximum absolute atomic E-state index is 13.2. The SMILES string of the molecule is O=Cc1ccc(F)cc1-c1cc(F)cc(Cl)c1. The van der Waals surface area contributed by atoms with E-state index in [0.29, 0.717) is 17.4 Å². The van der Waals surface area contributed by atoms with Gasteiger partial charge in [-0.2, -0.15) is 0 Å². The van der Waals surface area contributed by atoms with E-state index in [-0.39, 0.29) is 10.6 Å². The molecule has 0 saturated heterocycles. The van der Waals surface area contributed by atoms with Crippen LogP contribution in [0.2, 0.25) is 5.02 Å². The van der Waals surface area contributed by atoms with E-state index in [9.17, 15) is 13.6 Å². The van der Waals surface area contributed by atoms with Gasteiger partial charge in [-0.1, -0.05) is 11.6 Å². The van der Waals surface area contributed by atoms with E-state index in [1.165, 1.54) is 30.3 Å². The number of carbonyl (C=O) groups is 1. The van der Waals surface area contributed by atoms with Crippen LogP contribution in [0.3, 0.4) is 0 Å². The zero-order chi connectivity index (χ0) is 12.4. The van der Waals surface area contributed by atoms with E-state index in [1.54, 1.807) is 0 Å². The van der Waals surface area contributed by atoms with E-state index in [4.69, 9.17) is 11.6 Å². The molecule has 4 heteroatoms. The van der Waals surface area contributed by atoms with Crippen molar-refractivity contribution < 1.29 is 13.6 Å². The van der Waals surface area contributed by atoms with Gasteiger partial charge < -0.3 is 0 Å². The highest BCUT2D eigenvalue weighted by molar-refractivity contribution is 6.30. The highest BCUT2D eigenvalue weighted by Crippen LogP contribution is 2.27. The Kier molecular flexibility index (Phi) is 3.20. The van der Waals surface area contributed by atoms with Crippen molar-refractivity contribution in [2.45, 2.75) is 0 Å². The predicted molar refractivity (Wildman–Crippen MR) is 62.2 cm³/mol. The Hall–Kier alpha value is -1.74. The molecule has 0 atom stereocenters. The van der Waals surface area contributed by atoms with E-state index in [0.717, 1.165) is 6.07 Å². The average Bonchev–Trinajstić information content (AvgIpc) is 2.27. The van der Waals surface area contributed by atoms with Gasteiger partial charge in [0.05, 0.1) is 0 Å². The molecule has 0 bridgehead atoms. The Bertz CT molecular complexity index is 561. The lowest BCUT2D eigenvalue weighted by atomic mass is 10.0. The first-order chi connectivity index (χ1) is 8.10. The van der Waals surface area contributed by atoms with Crippen LogP contribution in [0.4, 0.5) is 8.78 Å². The molecule has 0 fully saturated rings. The van der Waals surface area contributed by atoms with E-state index in [2.05, 4.69) is 0 Å². The standard InChI is InChI=1S/C13H7ClF2O/c14-10-3-9(4-12(16)5-10)13-6-11(15)2-1-8(13)7-17/h1-7H. The highest BCUT2D eigenvalue weighted by Gasteiger charge is 2.08. The van der Waals surface area contributed by atoms with E-state index >= 15 is 0 Å². The third-order valence-electron chi connectivity index (χ3n) is 2.32. The van der Waals surface area contributed by atoms with Crippen molar-refractivity contribution in [3.05, 3.63) is 58.6 Å². The fourth-order valence-electron chi connectivity index (χ4n) is 1.59. The monoisotopic (exact) mass is 252 g/mol. The van der Waals surface area contributed by atoms with Crippen molar-refractivity contribution in [3.63, 3.8) is 0 Å². The number of aldehydes is 1. The predicted octanol–water partition coefficient (Wildman–Crippen LogP) is 4.10. The van der Waals surface area contributed by atoms with Crippen LogP contribution in [0.25, 0.3) is 11.1 Å². The van der Waals surface area contributed by atoms with Gasteiger partial charge in [0.25, 0.3) is 0 Å². The van der Waals surface area contributed by atoms with Gasteiger partial charge in [-0.15, -0.1) is 0 Å². The van der Waals surface area contributed by atoms with Crippen LogP contribution in [0.15, 0.2) is 36.4 Å². The third kappa shape index (κ3) is 2.50. The van der Waals surface area contributed by atoms with E-state index < -0.39 is 11.6 Å². The Morgan fingerprint density at radius 1 is 1.00 bits per heavy atom. The number of benzene rings is 2. The summed E-state index contributed by atoms with van der Waals surface area (Å²) in [5.41, 5.74) is 0.978. The Balaban J connectivity index is 2.66. The minimum atomic E-state index is -0.534. The minimum Gasteiger partial charge on any atom is -0.298 e. The quantitative estimate of drug-likeness (QED) is 0.736. The summed E-state index contributed by atoms with van der Waals surface area (Å²) < 4.78 is 26.3. The first-order valence-corrected chi connectivity index (χ1v) is 5.19. The molecule has 0 aromatic heterocycles. The smallest absolute Gasteiger partial charge is 0.150 e. The average molecular weight is 253 g/mol. The van der Waals surface area contributed by atoms with Gasteiger partial charge in [0.15, 0.2) is 6.29 Å². The summed E-state index contributed by atoms with van der Waals surface area (Å²) in [6.45, 7) is 0. The maximum atomic E-state index is 13.2. The van der Waals surface area contributed by atoms with Gasteiger partial charge >= 0.3 is 0 Å². The van der Waals surface area contributed by atoms with Gasteiger partial charge in [-0.25, -0.2) is 8.78 Å². The molecular weight excluding hydrogens is 246 g/mol. The maximum Gasteiger partial charge on any atom is 0.150 e. The fraction of sp³-hybridized carbons (Fsp3) is 0. The topological polar surface area (TPSA) is 17.1 Å². The van der Waals surface area contributed by atoms with Crippen LogP contribution in [0, 0.1) is 11.6 Å². The number of rotatable bonds is 2. The summed E-state index contributed by atoms with van der Waals surface area (Å²) in [6.07, 6.45) is 0.591. The summed E-state index contributed by atoms with van der Waals surface area (Å²) in [5.74, 6) is -1.03. The van der Waals surface area contributed by atoms with Crippen molar-refractivity contribution in [2.75, 3.05) is 0 Å². The molecule has 0 N–H and O–H groups in total. The van der Waals surface area contributed by atoms with Crippen LogP contribution < -0.4 is 0 Å². The molecule has 2 rings (SSSR count). The molecule has 0 heterocycles. The molecule has 17 heavy (non-hydrogen) atoms. The molecule has 86 valence electrons. The van der Waals surface area contributed by atoms with Crippen LogP contribution in [-0.2, 0) is 0 Å². The fourth-order valence-corrected chi connectivity index (χ4v) is 1.81. The summed E-state index contributed by atoms with van der Waals surface area (Å²) in [4.78, 5) is 10.8. The minimum absolute atomic E-state index is 0.195. The molecule has 0 saturated carbocycles. The Labute approximate surface area is 102 Å². The molecule has 0 unspecified atom stereocenters. The lowest BCUT2D eigenvalue weighted by Crippen LogP contribution is -1.90. The van der Waals surface area contributed by atoms with Gasteiger partial charge in [0, 0.05) is 10.6 Å². The van der Waals surface area contributed by atoms with Crippen LogP contribution >= 0.6 is 11.6 Å². The van der Waals surface area contributed by atoms with E-state index in [1.807, 2.05) is 0 Å². The summed E-state index contributed by atoms with van der Waals surface area (Å²) in [6, 6.07) is 7.52. The molecule has 0 radical (unpaired) electrons. The van der Waals surface area contributed by atoms with Gasteiger partial charge in [0.2, 0.25) is 0 Å². The first kappa shape index (κ1) is 11.7. The second-order valence-electron chi connectivity index (χ2n) is 3.51. The van der Waals surface area contributed by atoms with Crippen molar-refractivity contribution in [1.29, 1.82) is 0 Å². The van der Waals surface area contributed by atoms with Crippen LogP contribution in [0.5, 0.6) is 0 Å². The Morgan fingerprint density at radius 3 is 2.41 bits per heavy atom. The van der Waals surface area contributed by atoms with Gasteiger partial charge in [-0.3, -0.25) is 4.79 Å². The number of halogens is 3. The third-order valence-corrected chi connectivity index (χ3v) is 2.53. The largest absolute Gasteiger partial charge is 0.298 e. The summed E-state index contributed by atoms with van der Waals surface area (Å²) in [7, 11) is 0. The van der Waals surface area contributed by atoms with Crippen molar-refractivity contribution in [3.8, 4) is 11.1 Å². The molecule has 0 amide bonds. The zero-order valence-corrected chi connectivity index (χ0v) is 9.34. The van der Waals surface area contributed by atoms with Gasteiger partial charge in [0.1, 0.15) is 11.6 Å². The number of hydrogen-bond acceptors (Lipinski definition) is 1.